The van der Waals surface area contributed by atoms with Crippen LogP contribution in [0.15, 0.2) is 64.9 Å². The van der Waals surface area contributed by atoms with Gasteiger partial charge >= 0.3 is 0 Å². The summed E-state index contributed by atoms with van der Waals surface area (Å²) >= 11 is 0. The highest BCUT2D eigenvalue weighted by atomic mass is 19.1. The standard InChI is InChI=1S/C15H21FN2O.C12H12N2O/c1-4-15-7-12(14(15)18(3)10(15)2)19-13-6-5-11(8-16)9-17-13;1-3-8-14-12(13-2)11-7-5-4-6-10(11)9-15/h5-6,9-10,12,14H,4,7-8H2,1-3H3;3-9H,2H2,1H3/b;8-3-,14-12?. The molecule has 4 unspecified atom stereocenters. The molecule has 0 spiro atoms. The Morgan fingerprint density at radius 1 is 1.35 bits per heavy atom. The number of ether oxygens (including phenoxy) is 1. The second-order valence-electron chi connectivity index (χ2n) is 8.67. The molecule has 1 saturated heterocycles. The fourth-order valence-corrected chi connectivity index (χ4v) is 5.08. The van der Waals surface area contributed by atoms with E-state index >= 15 is 0 Å². The smallest absolute Gasteiger partial charge is 0.213 e. The lowest BCUT2D eigenvalue weighted by Gasteiger charge is -2.71. The van der Waals surface area contributed by atoms with Gasteiger partial charge in [-0.15, -0.1) is 0 Å². The molecule has 2 heterocycles. The van der Waals surface area contributed by atoms with E-state index < -0.39 is 6.67 Å². The summed E-state index contributed by atoms with van der Waals surface area (Å²) in [7, 11) is 2.17. The number of hydrogen-bond donors (Lipinski definition) is 0. The molecule has 4 atom stereocenters. The van der Waals surface area contributed by atoms with Crippen LogP contribution >= 0.6 is 0 Å². The van der Waals surface area contributed by atoms with Gasteiger partial charge in [-0.05, 0) is 46.5 Å². The zero-order valence-corrected chi connectivity index (χ0v) is 20.3. The summed E-state index contributed by atoms with van der Waals surface area (Å²) in [6.07, 6.45) is 8.27. The lowest BCUT2D eigenvalue weighted by Crippen LogP contribution is -2.81. The number of carbonyl (C=O) groups is 1. The first-order valence-corrected chi connectivity index (χ1v) is 11.5. The molecule has 180 valence electrons. The molecule has 2 fully saturated rings. The van der Waals surface area contributed by atoms with Crippen LogP contribution in [0.5, 0.6) is 5.88 Å². The summed E-state index contributed by atoms with van der Waals surface area (Å²) in [5.74, 6) is 1.07. The van der Waals surface area contributed by atoms with Crippen LogP contribution in [-0.4, -0.2) is 54.0 Å². The molecule has 0 radical (unpaired) electrons. The van der Waals surface area contributed by atoms with Crippen LogP contribution in [0, 0.1) is 5.41 Å². The molecule has 0 amide bonds. The van der Waals surface area contributed by atoms with E-state index in [1.165, 1.54) is 6.42 Å². The number of likely N-dealkylation sites (N-methyl/N-ethyl adjacent to an activating group) is 1. The summed E-state index contributed by atoms with van der Waals surface area (Å²) in [5.41, 5.74) is 2.30. The number of aldehydes is 1. The summed E-state index contributed by atoms with van der Waals surface area (Å²) in [6.45, 7) is 9.38. The SMILES string of the molecule is C=NC(=N/C=C\C)c1ccccc1C=O.CCC12CC(Oc3ccc(CF)cn3)C1N(C)C2C. The molecule has 1 aromatic carbocycles. The van der Waals surface area contributed by atoms with E-state index in [0.29, 0.717) is 45.9 Å². The highest BCUT2D eigenvalue weighted by Crippen LogP contribution is 2.59. The number of nitrogens with zero attached hydrogens (tertiary/aromatic N) is 4. The fourth-order valence-electron chi connectivity index (χ4n) is 5.08. The average Bonchev–Trinajstić information content (AvgIpc) is 2.87. The maximum absolute atomic E-state index is 12.4. The number of halogens is 1. The van der Waals surface area contributed by atoms with E-state index in [-0.39, 0.29) is 6.10 Å². The second-order valence-corrected chi connectivity index (χ2v) is 8.67. The lowest BCUT2D eigenvalue weighted by molar-refractivity contribution is -0.243. The van der Waals surface area contributed by atoms with Crippen LogP contribution in [0.25, 0.3) is 0 Å². The molecule has 2 aromatic rings. The molecule has 1 aliphatic carbocycles. The third kappa shape index (κ3) is 4.85. The monoisotopic (exact) mass is 464 g/mol. The zero-order valence-electron chi connectivity index (χ0n) is 20.3. The van der Waals surface area contributed by atoms with Crippen molar-refractivity contribution < 1.29 is 13.9 Å². The number of amidine groups is 1. The summed E-state index contributed by atoms with van der Waals surface area (Å²) in [6, 6.07) is 11.8. The number of rotatable bonds is 7. The minimum absolute atomic E-state index is 0.227. The van der Waals surface area contributed by atoms with Crippen molar-refractivity contribution in [3.8, 4) is 5.88 Å². The third-order valence-electron chi connectivity index (χ3n) is 7.11. The van der Waals surface area contributed by atoms with Gasteiger partial charge in [0.15, 0.2) is 12.1 Å². The van der Waals surface area contributed by atoms with Crippen molar-refractivity contribution in [3.63, 3.8) is 0 Å². The predicted octanol–water partition coefficient (Wildman–Crippen LogP) is 5.28. The molecule has 1 saturated carbocycles. The normalized spacial score (nSPS) is 25.9. The fraction of sp³-hybridized carbons (Fsp3) is 0.407. The van der Waals surface area contributed by atoms with Gasteiger partial charge in [0.2, 0.25) is 5.88 Å². The van der Waals surface area contributed by atoms with Crippen LogP contribution in [-0.2, 0) is 6.67 Å². The van der Waals surface area contributed by atoms with Gasteiger partial charge in [-0.1, -0.05) is 37.3 Å². The Balaban J connectivity index is 0.000000197. The first-order valence-electron chi connectivity index (χ1n) is 11.5. The van der Waals surface area contributed by atoms with Crippen molar-refractivity contribution in [2.45, 2.75) is 58.5 Å². The highest BCUT2D eigenvalue weighted by Gasteiger charge is 2.67. The minimum atomic E-state index is -0.474. The van der Waals surface area contributed by atoms with E-state index in [1.807, 2.05) is 13.0 Å². The maximum atomic E-state index is 12.4. The van der Waals surface area contributed by atoms with Gasteiger partial charge in [-0.3, -0.25) is 9.69 Å². The first-order chi connectivity index (χ1) is 16.4. The number of pyridine rings is 1. The molecule has 6 nitrogen and oxygen atoms in total. The van der Waals surface area contributed by atoms with Gasteiger partial charge in [-0.2, -0.15) is 0 Å². The Morgan fingerprint density at radius 3 is 2.71 bits per heavy atom. The number of allylic oxidation sites excluding steroid dienone is 1. The second kappa shape index (κ2) is 11.3. The number of carbonyl (C=O) groups excluding carboxylic acids is 1. The summed E-state index contributed by atoms with van der Waals surface area (Å²) in [4.78, 5) is 25.2. The van der Waals surface area contributed by atoms with Crippen molar-refractivity contribution in [2.75, 3.05) is 7.05 Å². The third-order valence-corrected chi connectivity index (χ3v) is 7.11. The average molecular weight is 465 g/mol. The number of piperidine rings is 1. The van der Waals surface area contributed by atoms with Gasteiger partial charge in [-0.25, -0.2) is 19.4 Å². The van der Waals surface area contributed by atoms with E-state index in [0.717, 1.165) is 12.7 Å². The van der Waals surface area contributed by atoms with Gasteiger partial charge in [0.1, 0.15) is 12.8 Å². The number of fused-ring (bicyclic) bond motifs is 1. The van der Waals surface area contributed by atoms with Crippen LogP contribution in [0.1, 0.15) is 55.1 Å². The van der Waals surface area contributed by atoms with Crippen LogP contribution in [0.2, 0.25) is 0 Å². The van der Waals surface area contributed by atoms with Crippen LogP contribution < -0.4 is 4.74 Å². The van der Waals surface area contributed by atoms with Gasteiger partial charge in [0, 0.05) is 46.6 Å². The molecule has 34 heavy (non-hydrogen) atoms. The van der Waals surface area contributed by atoms with Gasteiger partial charge in [0.25, 0.3) is 0 Å². The quantitative estimate of drug-likeness (QED) is 0.318. The van der Waals surface area contributed by atoms with E-state index in [4.69, 9.17) is 4.74 Å². The predicted molar refractivity (Wildman–Crippen MR) is 135 cm³/mol. The number of aromatic nitrogens is 1. The topological polar surface area (TPSA) is 67.1 Å². The van der Waals surface area contributed by atoms with Crippen molar-refractivity contribution in [1.29, 1.82) is 0 Å². The van der Waals surface area contributed by atoms with Crippen molar-refractivity contribution >= 4 is 18.8 Å². The number of alkyl halides is 1. The molecular weight excluding hydrogens is 431 g/mol. The van der Waals surface area contributed by atoms with E-state index in [1.54, 1.807) is 48.8 Å². The minimum Gasteiger partial charge on any atom is -0.473 e. The first kappa shape index (κ1) is 25.4. The van der Waals surface area contributed by atoms with Crippen LogP contribution in [0.4, 0.5) is 4.39 Å². The molecule has 0 N–H and O–H groups in total. The van der Waals surface area contributed by atoms with Gasteiger partial charge in [0.05, 0.1) is 6.04 Å². The van der Waals surface area contributed by atoms with E-state index in [2.05, 4.69) is 47.5 Å². The zero-order chi connectivity index (χ0) is 24.7. The Morgan fingerprint density at radius 2 is 2.12 bits per heavy atom. The molecule has 2 aliphatic rings. The Kier molecular flexibility index (Phi) is 8.45. The van der Waals surface area contributed by atoms with E-state index in [9.17, 15) is 9.18 Å². The summed E-state index contributed by atoms with van der Waals surface area (Å²) < 4.78 is 18.4. The number of likely N-dealkylation sites (tertiary alicyclic amines) is 1. The Labute approximate surface area is 201 Å². The number of aliphatic imine (C=N–C) groups is 2. The van der Waals surface area contributed by atoms with Crippen molar-refractivity contribution in [2.24, 2.45) is 15.4 Å². The largest absolute Gasteiger partial charge is 0.473 e. The van der Waals surface area contributed by atoms with Crippen molar-refractivity contribution in [3.05, 3.63) is 71.6 Å². The molecule has 0 bridgehead atoms. The highest BCUT2D eigenvalue weighted by molar-refractivity contribution is 6.06. The lowest BCUT2D eigenvalue weighted by atomic mass is 9.50. The van der Waals surface area contributed by atoms with Crippen LogP contribution in [0.3, 0.4) is 0 Å². The molecule has 7 heteroatoms. The number of hydrogen-bond acceptors (Lipinski definition) is 5. The maximum Gasteiger partial charge on any atom is 0.213 e. The van der Waals surface area contributed by atoms with Crippen molar-refractivity contribution in [1.82, 2.24) is 9.88 Å². The molecule has 1 aromatic heterocycles. The number of benzene rings is 1. The Hall–Kier alpha value is -3.19. The Bertz CT molecular complexity index is 1050. The molecule has 4 rings (SSSR count). The molecule has 1 aliphatic heterocycles. The van der Waals surface area contributed by atoms with Gasteiger partial charge < -0.3 is 4.74 Å². The molecular formula is C27H33FN4O2. The summed E-state index contributed by atoms with van der Waals surface area (Å²) in [5, 5.41) is 0.